The van der Waals surface area contributed by atoms with Crippen LogP contribution in [0, 0.1) is 5.92 Å². The third kappa shape index (κ3) is 3.09. The maximum Gasteiger partial charge on any atom is 0.321 e. The second kappa shape index (κ2) is 5.61. The van der Waals surface area contributed by atoms with Crippen molar-refractivity contribution in [1.29, 1.82) is 0 Å². The van der Waals surface area contributed by atoms with Crippen molar-refractivity contribution < 1.29 is 23.1 Å². The number of carbonyl (C=O) groups excluding carboxylic acids is 1. The number of anilines is 1. The van der Waals surface area contributed by atoms with E-state index < -0.39 is 22.0 Å². The van der Waals surface area contributed by atoms with Crippen LogP contribution in [0.4, 0.5) is 5.69 Å². The lowest BCUT2D eigenvalue weighted by molar-refractivity contribution is -0.138. The highest BCUT2D eigenvalue weighted by atomic mass is 32.2. The molecule has 1 fully saturated rings. The number of aliphatic carboxylic acids is 1. The van der Waals surface area contributed by atoms with Gasteiger partial charge in [-0.3, -0.25) is 9.59 Å². The third-order valence-electron chi connectivity index (χ3n) is 4.15. The summed E-state index contributed by atoms with van der Waals surface area (Å²) >= 11 is 0. The summed E-state index contributed by atoms with van der Waals surface area (Å²) in [5.41, 5.74) is 1.55. The summed E-state index contributed by atoms with van der Waals surface area (Å²) in [6, 6.07) is 3.35. The number of carbonyl (C=O) groups is 2. The highest BCUT2D eigenvalue weighted by Crippen LogP contribution is 2.37. The van der Waals surface area contributed by atoms with Gasteiger partial charge >= 0.3 is 5.97 Å². The highest BCUT2D eigenvalue weighted by molar-refractivity contribution is 7.89. The van der Waals surface area contributed by atoms with Crippen molar-refractivity contribution in [3.05, 3.63) is 23.8 Å². The van der Waals surface area contributed by atoms with E-state index in [1.54, 1.807) is 11.0 Å². The van der Waals surface area contributed by atoms with Crippen LogP contribution in [0.3, 0.4) is 0 Å². The summed E-state index contributed by atoms with van der Waals surface area (Å²) in [6.07, 6.45) is 2.45. The SMILES string of the molecule is C[C@H](NS(=O)(=O)c1ccc2c(c1)CCN2C(=O)C1CC1)C(=O)O. The van der Waals surface area contributed by atoms with Crippen LogP contribution in [-0.2, 0) is 26.0 Å². The van der Waals surface area contributed by atoms with Gasteiger partial charge in [-0.1, -0.05) is 0 Å². The summed E-state index contributed by atoms with van der Waals surface area (Å²) < 4.78 is 26.6. The smallest absolute Gasteiger partial charge is 0.321 e. The van der Waals surface area contributed by atoms with Gasteiger partial charge in [-0.2, -0.15) is 4.72 Å². The lowest BCUT2D eigenvalue weighted by Crippen LogP contribution is -2.38. The van der Waals surface area contributed by atoms with Gasteiger partial charge in [0.05, 0.1) is 4.90 Å². The standard InChI is InChI=1S/C15H18N2O5S/c1-9(15(19)20)16-23(21,22)12-4-5-13-11(8-12)6-7-17(13)14(18)10-2-3-10/h4-5,8-10,16H,2-3,6-7H2,1H3,(H,19,20)/t9-/m0/s1. The second-order valence-electron chi connectivity index (χ2n) is 5.99. The van der Waals surface area contributed by atoms with Gasteiger partial charge in [0.2, 0.25) is 15.9 Å². The predicted octanol–water partition coefficient (Wildman–Crippen LogP) is 0.737. The molecular formula is C15H18N2O5S. The molecule has 8 heteroatoms. The molecule has 0 aromatic heterocycles. The van der Waals surface area contributed by atoms with Crippen molar-refractivity contribution in [2.24, 2.45) is 5.92 Å². The van der Waals surface area contributed by atoms with Crippen LogP contribution in [0.25, 0.3) is 0 Å². The molecule has 2 aliphatic rings. The Morgan fingerprint density at radius 1 is 1.35 bits per heavy atom. The quantitative estimate of drug-likeness (QED) is 0.824. The minimum Gasteiger partial charge on any atom is -0.480 e. The molecular weight excluding hydrogens is 320 g/mol. The molecule has 124 valence electrons. The number of fused-ring (bicyclic) bond motifs is 1. The van der Waals surface area contributed by atoms with Crippen LogP contribution in [-0.4, -0.2) is 38.0 Å². The maximum atomic E-state index is 12.2. The van der Waals surface area contributed by atoms with Crippen molar-refractivity contribution in [3.8, 4) is 0 Å². The molecule has 1 heterocycles. The van der Waals surface area contributed by atoms with Crippen molar-refractivity contribution in [2.75, 3.05) is 11.4 Å². The first-order valence-electron chi connectivity index (χ1n) is 7.49. The number of amides is 1. The molecule has 0 unspecified atom stereocenters. The van der Waals surface area contributed by atoms with E-state index in [0.29, 0.717) is 13.0 Å². The van der Waals surface area contributed by atoms with E-state index in [1.165, 1.54) is 19.1 Å². The van der Waals surface area contributed by atoms with Crippen LogP contribution in [0.15, 0.2) is 23.1 Å². The molecule has 0 radical (unpaired) electrons. The molecule has 2 N–H and O–H groups in total. The molecule has 23 heavy (non-hydrogen) atoms. The van der Waals surface area contributed by atoms with E-state index in [2.05, 4.69) is 4.72 Å². The fourth-order valence-electron chi connectivity index (χ4n) is 2.68. The fourth-order valence-corrected chi connectivity index (χ4v) is 3.92. The minimum atomic E-state index is -3.90. The van der Waals surface area contributed by atoms with Crippen molar-refractivity contribution >= 4 is 27.6 Å². The van der Waals surface area contributed by atoms with Crippen molar-refractivity contribution in [1.82, 2.24) is 4.72 Å². The molecule has 0 spiro atoms. The Morgan fingerprint density at radius 3 is 2.65 bits per heavy atom. The number of benzene rings is 1. The summed E-state index contributed by atoms with van der Waals surface area (Å²) in [6.45, 7) is 1.83. The number of sulfonamides is 1. The first-order valence-corrected chi connectivity index (χ1v) is 8.97. The van der Waals surface area contributed by atoms with E-state index in [-0.39, 0.29) is 16.7 Å². The number of hydrogen-bond donors (Lipinski definition) is 2. The van der Waals surface area contributed by atoms with Crippen LogP contribution >= 0.6 is 0 Å². The van der Waals surface area contributed by atoms with Gasteiger partial charge in [0.1, 0.15) is 6.04 Å². The van der Waals surface area contributed by atoms with Gasteiger partial charge in [-0.05, 0) is 49.9 Å². The molecule has 1 atom stereocenters. The molecule has 1 aliphatic heterocycles. The number of carboxylic acids is 1. The van der Waals surface area contributed by atoms with Gasteiger partial charge in [-0.15, -0.1) is 0 Å². The zero-order chi connectivity index (χ0) is 16.8. The summed E-state index contributed by atoms with van der Waals surface area (Å²) in [5, 5.41) is 8.83. The van der Waals surface area contributed by atoms with Gasteiger partial charge in [0.25, 0.3) is 0 Å². The first-order chi connectivity index (χ1) is 10.8. The monoisotopic (exact) mass is 338 g/mol. The van der Waals surface area contributed by atoms with Crippen LogP contribution < -0.4 is 9.62 Å². The molecule has 3 rings (SSSR count). The van der Waals surface area contributed by atoms with E-state index in [4.69, 9.17) is 5.11 Å². The highest BCUT2D eigenvalue weighted by Gasteiger charge is 2.36. The van der Waals surface area contributed by atoms with Crippen LogP contribution in [0.2, 0.25) is 0 Å². The van der Waals surface area contributed by atoms with Crippen LogP contribution in [0.5, 0.6) is 0 Å². The molecule has 1 aliphatic carbocycles. The Balaban J connectivity index is 1.84. The molecule has 0 bridgehead atoms. The summed E-state index contributed by atoms with van der Waals surface area (Å²) in [4.78, 5) is 24.8. The predicted molar refractivity (Wildman–Crippen MR) is 82.6 cm³/mol. The second-order valence-corrected chi connectivity index (χ2v) is 7.70. The van der Waals surface area contributed by atoms with Crippen molar-refractivity contribution in [2.45, 2.75) is 37.1 Å². The lowest BCUT2D eigenvalue weighted by Gasteiger charge is -2.17. The van der Waals surface area contributed by atoms with E-state index >= 15 is 0 Å². The van der Waals surface area contributed by atoms with E-state index in [1.807, 2.05) is 0 Å². The average molecular weight is 338 g/mol. The molecule has 0 saturated heterocycles. The molecule has 1 amide bonds. The molecule has 1 aromatic rings. The minimum absolute atomic E-state index is 0.0186. The number of nitrogens with one attached hydrogen (secondary N) is 1. The zero-order valence-corrected chi connectivity index (χ0v) is 13.5. The molecule has 1 aromatic carbocycles. The van der Waals surface area contributed by atoms with Crippen LogP contribution in [0.1, 0.15) is 25.3 Å². The van der Waals surface area contributed by atoms with E-state index in [9.17, 15) is 18.0 Å². The average Bonchev–Trinajstić information content (AvgIpc) is 3.25. The normalized spacial score (nSPS) is 18.6. The van der Waals surface area contributed by atoms with Gasteiger partial charge in [0, 0.05) is 18.2 Å². The Kier molecular flexibility index (Phi) is 3.89. The van der Waals surface area contributed by atoms with Crippen molar-refractivity contribution in [3.63, 3.8) is 0 Å². The Morgan fingerprint density at radius 2 is 2.04 bits per heavy atom. The third-order valence-corrected chi connectivity index (χ3v) is 5.69. The first kappa shape index (κ1) is 15.9. The zero-order valence-electron chi connectivity index (χ0n) is 12.7. The topological polar surface area (TPSA) is 104 Å². The number of nitrogens with zero attached hydrogens (tertiary/aromatic N) is 1. The maximum absolute atomic E-state index is 12.2. The molecule has 7 nitrogen and oxygen atoms in total. The number of carboxylic acid groups (broad SMARTS) is 1. The Labute approximate surface area is 134 Å². The molecule has 1 saturated carbocycles. The fraction of sp³-hybridized carbons (Fsp3) is 0.467. The lowest BCUT2D eigenvalue weighted by atomic mass is 10.2. The Hall–Kier alpha value is -1.93. The van der Waals surface area contributed by atoms with E-state index in [0.717, 1.165) is 24.1 Å². The van der Waals surface area contributed by atoms with Gasteiger partial charge in [0.15, 0.2) is 0 Å². The summed E-state index contributed by atoms with van der Waals surface area (Å²) in [5.74, 6) is -1.02. The number of hydrogen-bond acceptors (Lipinski definition) is 4. The van der Waals surface area contributed by atoms with Gasteiger partial charge < -0.3 is 10.0 Å². The largest absolute Gasteiger partial charge is 0.480 e. The number of rotatable bonds is 5. The summed E-state index contributed by atoms with van der Waals surface area (Å²) in [7, 11) is -3.90. The van der Waals surface area contributed by atoms with Gasteiger partial charge in [-0.25, -0.2) is 8.42 Å². The Bertz CT molecular complexity index is 770.